The predicted molar refractivity (Wildman–Crippen MR) is 82.6 cm³/mol. The van der Waals surface area contributed by atoms with Crippen LogP contribution in [0.4, 0.5) is 0 Å². The first-order chi connectivity index (χ1) is 9.68. The summed E-state index contributed by atoms with van der Waals surface area (Å²) >= 11 is 0. The van der Waals surface area contributed by atoms with Gasteiger partial charge in [0.25, 0.3) is 0 Å². The van der Waals surface area contributed by atoms with E-state index in [0.29, 0.717) is 0 Å². The van der Waals surface area contributed by atoms with Gasteiger partial charge in [0.05, 0.1) is 5.92 Å². The molecule has 0 aliphatic carbocycles. The third-order valence-electron chi connectivity index (χ3n) is 3.09. The highest BCUT2D eigenvalue weighted by atomic mass is 16.1. The third-order valence-corrected chi connectivity index (χ3v) is 3.09. The number of ketones is 1. The average molecular weight is 265 g/mol. The summed E-state index contributed by atoms with van der Waals surface area (Å²) in [5.74, 6) is -0.148. The molecule has 0 radical (unpaired) electrons. The van der Waals surface area contributed by atoms with E-state index in [1.807, 2.05) is 79.7 Å². The molecule has 0 heterocycles. The summed E-state index contributed by atoms with van der Waals surface area (Å²) in [5.41, 5.74) is 2.04. The number of rotatable bonds is 5. The van der Waals surface area contributed by atoms with Crippen molar-refractivity contribution in [1.29, 1.82) is 0 Å². The van der Waals surface area contributed by atoms with Crippen molar-refractivity contribution in [2.24, 2.45) is 0 Å². The molecule has 0 saturated carbocycles. The first-order valence-corrected chi connectivity index (χ1v) is 6.67. The molecule has 20 heavy (non-hydrogen) atoms. The molecule has 0 aliphatic rings. The van der Waals surface area contributed by atoms with Gasteiger partial charge in [-0.3, -0.25) is 4.79 Å². The Bertz CT molecular complexity index is 533. The van der Waals surface area contributed by atoms with E-state index in [0.717, 1.165) is 11.1 Å². The Kier molecular flexibility index (Phi) is 4.72. The summed E-state index contributed by atoms with van der Waals surface area (Å²) in [7, 11) is 3.81. The molecule has 0 bridgehead atoms. The van der Waals surface area contributed by atoms with Gasteiger partial charge in [0, 0.05) is 20.3 Å². The Morgan fingerprint density at radius 2 is 1.35 bits per heavy atom. The van der Waals surface area contributed by atoms with Gasteiger partial charge in [-0.25, -0.2) is 0 Å². The highest BCUT2D eigenvalue weighted by Gasteiger charge is 2.20. The van der Waals surface area contributed by atoms with Gasteiger partial charge < -0.3 is 4.90 Å². The van der Waals surface area contributed by atoms with Crippen LogP contribution in [0.5, 0.6) is 0 Å². The highest BCUT2D eigenvalue weighted by Crippen LogP contribution is 2.25. The van der Waals surface area contributed by atoms with E-state index in [1.165, 1.54) is 0 Å². The minimum atomic E-state index is -0.242. The van der Waals surface area contributed by atoms with Crippen LogP contribution in [0, 0.1) is 0 Å². The molecule has 0 atom stereocenters. The Labute approximate surface area is 120 Å². The van der Waals surface area contributed by atoms with Crippen molar-refractivity contribution in [3.05, 3.63) is 84.1 Å². The second-order valence-electron chi connectivity index (χ2n) is 4.94. The Morgan fingerprint density at radius 1 is 0.900 bits per heavy atom. The van der Waals surface area contributed by atoms with Crippen LogP contribution in [0.25, 0.3) is 0 Å². The van der Waals surface area contributed by atoms with Crippen molar-refractivity contribution >= 4 is 5.78 Å². The molecular weight excluding hydrogens is 246 g/mol. The smallest absolute Gasteiger partial charge is 0.168 e. The number of benzene rings is 2. The van der Waals surface area contributed by atoms with Crippen LogP contribution in [-0.2, 0) is 4.79 Å². The molecule has 0 aliphatic heterocycles. The quantitative estimate of drug-likeness (QED) is 0.772. The minimum absolute atomic E-state index is 0.0936. The van der Waals surface area contributed by atoms with Crippen LogP contribution in [0.1, 0.15) is 17.0 Å². The number of hydrogen-bond donors (Lipinski definition) is 0. The lowest BCUT2D eigenvalue weighted by atomic mass is 9.87. The van der Waals surface area contributed by atoms with E-state index < -0.39 is 0 Å². The molecule has 2 rings (SSSR count). The first-order valence-electron chi connectivity index (χ1n) is 6.67. The fourth-order valence-electron chi connectivity index (χ4n) is 2.13. The van der Waals surface area contributed by atoms with Crippen LogP contribution >= 0.6 is 0 Å². The monoisotopic (exact) mass is 265 g/mol. The summed E-state index contributed by atoms with van der Waals surface area (Å²) in [6, 6.07) is 19.8. The first kappa shape index (κ1) is 14.1. The second kappa shape index (κ2) is 6.71. The van der Waals surface area contributed by atoms with Crippen molar-refractivity contribution in [3.63, 3.8) is 0 Å². The van der Waals surface area contributed by atoms with Crippen LogP contribution in [0.2, 0.25) is 0 Å². The van der Waals surface area contributed by atoms with Gasteiger partial charge in [-0.15, -0.1) is 0 Å². The minimum Gasteiger partial charge on any atom is -0.383 e. The summed E-state index contributed by atoms with van der Waals surface area (Å²) in [5, 5.41) is 0. The average Bonchev–Trinajstić information content (AvgIpc) is 2.48. The molecule has 2 aromatic carbocycles. The van der Waals surface area contributed by atoms with Crippen molar-refractivity contribution in [2.45, 2.75) is 5.92 Å². The van der Waals surface area contributed by atoms with Crippen molar-refractivity contribution < 1.29 is 4.79 Å². The molecule has 2 nitrogen and oxygen atoms in total. The fourth-order valence-corrected chi connectivity index (χ4v) is 2.13. The summed E-state index contributed by atoms with van der Waals surface area (Å²) in [6.45, 7) is 0. The number of allylic oxidation sites excluding steroid dienone is 1. The van der Waals surface area contributed by atoms with Gasteiger partial charge in [-0.1, -0.05) is 60.7 Å². The van der Waals surface area contributed by atoms with Gasteiger partial charge in [0.15, 0.2) is 5.78 Å². The normalized spacial score (nSPS) is 10.9. The molecule has 0 amide bonds. The Balaban J connectivity index is 2.38. The molecule has 0 saturated heterocycles. The molecule has 0 N–H and O–H groups in total. The number of carbonyl (C=O) groups excluding carboxylic acids is 1. The Morgan fingerprint density at radius 3 is 1.75 bits per heavy atom. The van der Waals surface area contributed by atoms with E-state index in [4.69, 9.17) is 0 Å². The maximum atomic E-state index is 12.5. The van der Waals surface area contributed by atoms with Gasteiger partial charge in [-0.05, 0) is 17.2 Å². The van der Waals surface area contributed by atoms with Crippen LogP contribution in [0.15, 0.2) is 72.9 Å². The Hall–Kier alpha value is -2.35. The summed E-state index contributed by atoms with van der Waals surface area (Å²) < 4.78 is 0. The van der Waals surface area contributed by atoms with E-state index in [2.05, 4.69) is 0 Å². The molecule has 0 aromatic heterocycles. The summed E-state index contributed by atoms with van der Waals surface area (Å²) in [6.07, 6.45) is 3.44. The lowest BCUT2D eigenvalue weighted by Crippen LogP contribution is -2.13. The van der Waals surface area contributed by atoms with Crippen LogP contribution in [-0.4, -0.2) is 24.8 Å². The SMILES string of the molecule is CN(C)/C=C/C(=O)C(c1ccccc1)c1ccccc1. The van der Waals surface area contributed by atoms with E-state index >= 15 is 0 Å². The van der Waals surface area contributed by atoms with Crippen molar-refractivity contribution in [2.75, 3.05) is 14.1 Å². The molecule has 2 heteroatoms. The molecule has 0 spiro atoms. The number of hydrogen-bond acceptors (Lipinski definition) is 2. The third kappa shape index (κ3) is 3.58. The highest BCUT2D eigenvalue weighted by molar-refractivity contribution is 5.97. The molecule has 0 fully saturated rings. The zero-order chi connectivity index (χ0) is 14.4. The van der Waals surface area contributed by atoms with Gasteiger partial charge in [-0.2, -0.15) is 0 Å². The fraction of sp³-hybridized carbons (Fsp3) is 0.167. The zero-order valence-electron chi connectivity index (χ0n) is 11.9. The largest absolute Gasteiger partial charge is 0.383 e. The maximum Gasteiger partial charge on any atom is 0.168 e. The lowest BCUT2D eigenvalue weighted by molar-refractivity contribution is -0.115. The maximum absolute atomic E-state index is 12.5. The van der Waals surface area contributed by atoms with Crippen LogP contribution < -0.4 is 0 Å². The van der Waals surface area contributed by atoms with Gasteiger partial charge >= 0.3 is 0 Å². The van der Waals surface area contributed by atoms with Crippen molar-refractivity contribution in [3.8, 4) is 0 Å². The zero-order valence-corrected chi connectivity index (χ0v) is 11.9. The standard InChI is InChI=1S/C18H19NO/c1-19(2)14-13-17(20)18(15-9-5-3-6-10-15)16-11-7-4-8-12-16/h3-14,18H,1-2H3/b14-13+. The summed E-state index contributed by atoms with van der Waals surface area (Å²) in [4.78, 5) is 14.4. The molecule has 2 aromatic rings. The number of nitrogens with zero attached hydrogens (tertiary/aromatic N) is 1. The molecular formula is C18H19NO. The van der Waals surface area contributed by atoms with E-state index in [9.17, 15) is 4.79 Å². The number of carbonyl (C=O) groups is 1. The molecule has 0 unspecified atom stereocenters. The van der Waals surface area contributed by atoms with E-state index in [1.54, 1.807) is 12.3 Å². The second-order valence-corrected chi connectivity index (χ2v) is 4.94. The van der Waals surface area contributed by atoms with Crippen molar-refractivity contribution in [1.82, 2.24) is 4.90 Å². The topological polar surface area (TPSA) is 20.3 Å². The lowest BCUT2D eigenvalue weighted by Gasteiger charge is -2.15. The molecule has 102 valence electrons. The predicted octanol–water partition coefficient (Wildman–Crippen LogP) is 3.46. The van der Waals surface area contributed by atoms with Crippen LogP contribution in [0.3, 0.4) is 0 Å². The van der Waals surface area contributed by atoms with Gasteiger partial charge in [0.1, 0.15) is 0 Å². The van der Waals surface area contributed by atoms with E-state index in [-0.39, 0.29) is 11.7 Å². The van der Waals surface area contributed by atoms with Gasteiger partial charge in [0.2, 0.25) is 0 Å².